The molecule has 2 rings (SSSR count). The molecule has 98 valence electrons. The molecule has 2 aromatic carbocycles. The minimum absolute atomic E-state index is 0.256. The highest BCUT2D eigenvalue weighted by atomic mass is 16.5. The van der Waals surface area contributed by atoms with E-state index in [4.69, 9.17) is 4.74 Å². The van der Waals surface area contributed by atoms with Crippen LogP contribution in [0.25, 0.3) is 11.1 Å². The van der Waals surface area contributed by atoms with Gasteiger partial charge in [-0.25, -0.2) is 4.79 Å². The molecule has 0 radical (unpaired) electrons. The summed E-state index contributed by atoms with van der Waals surface area (Å²) >= 11 is 0. The van der Waals surface area contributed by atoms with Gasteiger partial charge in [0.2, 0.25) is 0 Å². The number of rotatable bonds is 3. The highest BCUT2D eigenvalue weighted by Gasteiger charge is 2.11. The SMILES string of the molecule is CCOC(=O)c1cc(-c2ccc(C)cc2)ccc1C. The van der Waals surface area contributed by atoms with Gasteiger partial charge in [-0.15, -0.1) is 0 Å². The van der Waals surface area contributed by atoms with Crippen LogP contribution >= 0.6 is 0 Å². The van der Waals surface area contributed by atoms with Crippen LogP contribution < -0.4 is 0 Å². The Labute approximate surface area is 114 Å². The summed E-state index contributed by atoms with van der Waals surface area (Å²) in [4.78, 5) is 11.9. The lowest BCUT2D eigenvalue weighted by Crippen LogP contribution is -2.06. The van der Waals surface area contributed by atoms with Gasteiger partial charge >= 0.3 is 5.97 Å². The maximum atomic E-state index is 11.9. The molecular formula is C17H18O2. The quantitative estimate of drug-likeness (QED) is 0.769. The lowest BCUT2D eigenvalue weighted by molar-refractivity contribution is 0.0525. The smallest absolute Gasteiger partial charge is 0.338 e. The first-order chi connectivity index (χ1) is 9.11. The summed E-state index contributed by atoms with van der Waals surface area (Å²) in [7, 11) is 0. The molecule has 0 aliphatic heterocycles. The zero-order valence-corrected chi connectivity index (χ0v) is 11.6. The molecule has 2 heteroatoms. The lowest BCUT2D eigenvalue weighted by Gasteiger charge is -2.08. The second kappa shape index (κ2) is 5.70. The van der Waals surface area contributed by atoms with Crippen LogP contribution in [0.1, 0.15) is 28.4 Å². The third-order valence-corrected chi connectivity index (χ3v) is 3.12. The monoisotopic (exact) mass is 254 g/mol. The fraction of sp³-hybridized carbons (Fsp3) is 0.235. The van der Waals surface area contributed by atoms with Gasteiger partial charge in [-0.2, -0.15) is 0 Å². The molecule has 2 nitrogen and oxygen atoms in total. The third-order valence-electron chi connectivity index (χ3n) is 3.12. The van der Waals surface area contributed by atoms with E-state index in [-0.39, 0.29) is 5.97 Å². The van der Waals surface area contributed by atoms with Gasteiger partial charge in [-0.1, -0.05) is 42.0 Å². The van der Waals surface area contributed by atoms with Crippen LogP contribution in [-0.2, 0) is 4.74 Å². The Balaban J connectivity index is 2.40. The third kappa shape index (κ3) is 3.02. The van der Waals surface area contributed by atoms with Crippen LogP contribution in [0.2, 0.25) is 0 Å². The Morgan fingerprint density at radius 3 is 2.26 bits per heavy atom. The molecule has 0 N–H and O–H groups in total. The van der Waals surface area contributed by atoms with Crippen LogP contribution in [0.3, 0.4) is 0 Å². The van der Waals surface area contributed by atoms with Gasteiger partial charge in [0.25, 0.3) is 0 Å². The van der Waals surface area contributed by atoms with E-state index in [1.165, 1.54) is 5.56 Å². The Morgan fingerprint density at radius 2 is 1.63 bits per heavy atom. The summed E-state index contributed by atoms with van der Waals surface area (Å²) < 4.78 is 5.08. The summed E-state index contributed by atoms with van der Waals surface area (Å²) in [5.74, 6) is -0.256. The van der Waals surface area contributed by atoms with E-state index < -0.39 is 0 Å². The van der Waals surface area contributed by atoms with Gasteiger partial charge in [-0.3, -0.25) is 0 Å². The van der Waals surface area contributed by atoms with Crippen molar-refractivity contribution >= 4 is 5.97 Å². The lowest BCUT2D eigenvalue weighted by atomic mass is 9.99. The van der Waals surface area contributed by atoms with Gasteiger partial charge in [0.15, 0.2) is 0 Å². The second-order valence-electron chi connectivity index (χ2n) is 4.62. The summed E-state index contributed by atoms with van der Waals surface area (Å²) in [5.41, 5.74) is 4.94. The van der Waals surface area contributed by atoms with E-state index >= 15 is 0 Å². The van der Waals surface area contributed by atoms with Crippen molar-refractivity contribution in [2.45, 2.75) is 20.8 Å². The van der Waals surface area contributed by atoms with E-state index in [1.807, 2.05) is 32.0 Å². The molecule has 0 amide bonds. The van der Waals surface area contributed by atoms with Crippen molar-refractivity contribution < 1.29 is 9.53 Å². The number of hydrogen-bond donors (Lipinski definition) is 0. The first-order valence-electron chi connectivity index (χ1n) is 6.46. The fourth-order valence-corrected chi connectivity index (χ4v) is 1.98. The Bertz CT molecular complexity index is 583. The standard InChI is InChI=1S/C17H18O2/c1-4-19-17(18)16-11-15(10-7-13(16)3)14-8-5-12(2)6-9-14/h5-11H,4H2,1-3H3. The van der Waals surface area contributed by atoms with Gasteiger partial charge < -0.3 is 4.74 Å². The van der Waals surface area contributed by atoms with E-state index in [0.29, 0.717) is 12.2 Å². The number of ether oxygens (including phenoxy) is 1. The molecule has 0 aromatic heterocycles. The highest BCUT2D eigenvalue weighted by Crippen LogP contribution is 2.23. The second-order valence-corrected chi connectivity index (χ2v) is 4.62. The minimum atomic E-state index is -0.256. The summed E-state index contributed by atoms with van der Waals surface area (Å²) in [6.45, 7) is 6.19. The summed E-state index contributed by atoms with van der Waals surface area (Å²) in [6, 6.07) is 14.2. The minimum Gasteiger partial charge on any atom is -0.462 e. The van der Waals surface area contributed by atoms with Crippen LogP contribution in [0, 0.1) is 13.8 Å². The van der Waals surface area contributed by atoms with Gasteiger partial charge in [0, 0.05) is 0 Å². The van der Waals surface area contributed by atoms with Crippen molar-refractivity contribution in [1.82, 2.24) is 0 Å². The number of benzene rings is 2. The molecule has 0 bridgehead atoms. The van der Waals surface area contributed by atoms with Crippen molar-refractivity contribution in [2.75, 3.05) is 6.61 Å². The molecule has 0 saturated heterocycles. The fourth-order valence-electron chi connectivity index (χ4n) is 1.98. The molecule has 0 aliphatic rings. The highest BCUT2D eigenvalue weighted by molar-refractivity contribution is 5.92. The first-order valence-corrected chi connectivity index (χ1v) is 6.46. The number of esters is 1. The van der Waals surface area contributed by atoms with Gasteiger partial charge in [-0.05, 0) is 43.5 Å². The molecule has 0 fully saturated rings. The maximum Gasteiger partial charge on any atom is 0.338 e. The number of aryl methyl sites for hydroxylation is 2. The molecule has 0 saturated carbocycles. The average molecular weight is 254 g/mol. The van der Waals surface area contributed by atoms with Crippen LogP contribution in [0.4, 0.5) is 0 Å². The number of carbonyl (C=O) groups is 1. The van der Waals surface area contributed by atoms with E-state index in [9.17, 15) is 4.79 Å². The van der Waals surface area contributed by atoms with Crippen LogP contribution in [-0.4, -0.2) is 12.6 Å². The topological polar surface area (TPSA) is 26.3 Å². The molecule has 0 heterocycles. The van der Waals surface area contributed by atoms with Gasteiger partial charge in [0.1, 0.15) is 0 Å². The zero-order valence-electron chi connectivity index (χ0n) is 11.6. The molecule has 0 aliphatic carbocycles. The molecule has 0 spiro atoms. The number of carbonyl (C=O) groups excluding carboxylic acids is 1. The van der Waals surface area contributed by atoms with E-state index in [1.54, 1.807) is 0 Å². The van der Waals surface area contributed by atoms with E-state index in [0.717, 1.165) is 16.7 Å². The van der Waals surface area contributed by atoms with E-state index in [2.05, 4.69) is 31.2 Å². The van der Waals surface area contributed by atoms with Crippen molar-refractivity contribution in [3.8, 4) is 11.1 Å². The average Bonchev–Trinajstić information content (AvgIpc) is 2.40. The Kier molecular flexibility index (Phi) is 4.00. The molecule has 0 atom stereocenters. The first kappa shape index (κ1) is 13.3. The van der Waals surface area contributed by atoms with Crippen LogP contribution in [0.5, 0.6) is 0 Å². The maximum absolute atomic E-state index is 11.9. The predicted molar refractivity (Wildman–Crippen MR) is 77.3 cm³/mol. The molecular weight excluding hydrogens is 236 g/mol. The van der Waals surface area contributed by atoms with Crippen molar-refractivity contribution in [3.05, 3.63) is 59.2 Å². The van der Waals surface area contributed by atoms with Gasteiger partial charge in [0.05, 0.1) is 12.2 Å². The molecule has 0 unspecified atom stereocenters. The Hall–Kier alpha value is -2.09. The predicted octanol–water partition coefficient (Wildman–Crippen LogP) is 4.15. The molecule has 2 aromatic rings. The van der Waals surface area contributed by atoms with Crippen LogP contribution in [0.15, 0.2) is 42.5 Å². The number of hydrogen-bond acceptors (Lipinski definition) is 2. The summed E-state index contributed by atoms with van der Waals surface area (Å²) in [5, 5.41) is 0. The normalized spacial score (nSPS) is 10.3. The zero-order chi connectivity index (χ0) is 13.8. The van der Waals surface area contributed by atoms with Crippen molar-refractivity contribution in [3.63, 3.8) is 0 Å². The molecule has 19 heavy (non-hydrogen) atoms. The van der Waals surface area contributed by atoms with Crippen molar-refractivity contribution in [1.29, 1.82) is 0 Å². The Morgan fingerprint density at radius 1 is 1.00 bits per heavy atom. The summed E-state index contributed by atoms with van der Waals surface area (Å²) in [6.07, 6.45) is 0. The largest absolute Gasteiger partial charge is 0.462 e. The van der Waals surface area contributed by atoms with Crippen molar-refractivity contribution in [2.24, 2.45) is 0 Å².